The zero-order valence-electron chi connectivity index (χ0n) is 16.8. The van der Waals surface area contributed by atoms with Crippen molar-refractivity contribution in [3.8, 4) is 22.5 Å². The van der Waals surface area contributed by atoms with Crippen LogP contribution in [0.15, 0.2) is 96.1 Å². The molecule has 4 rings (SSSR count). The molecule has 0 aliphatic heterocycles. The molecule has 1 heterocycles. The number of nitro groups is 1. The maximum atomic E-state index is 12.7. The van der Waals surface area contributed by atoms with Gasteiger partial charge in [0.25, 0.3) is 5.69 Å². The van der Waals surface area contributed by atoms with E-state index in [1.54, 1.807) is 0 Å². The molecule has 4 aromatic rings. The van der Waals surface area contributed by atoms with Crippen molar-refractivity contribution in [3.63, 3.8) is 0 Å². The van der Waals surface area contributed by atoms with Crippen molar-refractivity contribution in [3.05, 3.63) is 112 Å². The zero-order valence-corrected chi connectivity index (χ0v) is 16.8. The third-order valence-electron chi connectivity index (χ3n) is 4.55. The summed E-state index contributed by atoms with van der Waals surface area (Å²) in [5.41, 5.74) is 5.93. The molecule has 0 atom stereocenters. The maximum Gasteiger partial charge on any atom is 0.309 e. The number of hydrogen-bond donors (Lipinski definition) is 1. The normalized spacial score (nSPS) is 10.8. The monoisotopic (exact) mass is 423 g/mol. The molecule has 0 radical (unpaired) electrons. The smallest absolute Gasteiger partial charge is 0.264 e. The molecular formula is C24H17N5O3. The summed E-state index contributed by atoms with van der Waals surface area (Å²) in [6.07, 6.45) is 1.39. The van der Waals surface area contributed by atoms with Crippen LogP contribution in [0.2, 0.25) is 0 Å². The maximum absolute atomic E-state index is 12.7. The lowest BCUT2D eigenvalue weighted by atomic mass is 10.1. The van der Waals surface area contributed by atoms with Crippen LogP contribution in [-0.2, 0) is 0 Å². The van der Waals surface area contributed by atoms with Crippen molar-refractivity contribution in [2.45, 2.75) is 0 Å². The number of amides is 1. The summed E-state index contributed by atoms with van der Waals surface area (Å²) >= 11 is 0. The van der Waals surface area contributed by atoms with Crippen LogP contribution in [0.3, 0.4) is 0 Å². The topological polar surface area (TPSA) is 110 Å². The van der Waals surface area contributed by atoms with Crippen molar-refractivity contribution in [2.24, 2.45) is 5.10 Å². The Morgan fingerprint density at radius 2 is 1.38 bits per heavy atom. The zero-order chi connectivity index (χ0) is 22.3. The van der Waals surface area contributed by atoms with E-state index in [2.05, 4.69) is 20.5 Å². The van der Waals surface area contributed by atoms with Gasteiger partial charge in [-0.15, -0.1) is 0 Å². The van der Waals surface area contributed by atoms with Crippen molar-refractivity contribution in [1.29, 1.82) is 0 Å². The van der Waals surface area contributed by atoms with Gasteiger partial charge in [-0.05, 0) is 23.8 Å². The van der Waals surface area contributed by atoms with Gasteiger partial charge in [-0.25, -0.2) is 15.4 Å². The summed E-state index contributed by atoms with van der Waals surface area (Å²) in [6.45, 7) is 0. The third kappa shape index (κ3) is 4.88. The van der Waals surface area contributed by atoms with E-state index in [1.807, 2.05) is 66.7 Å². The van der Waals surface area contributed by atoms with Crippen molar-refractivity contribution >= 4 is 17.8 Å². The minimum atomic E-state index is -0.571. The number of nitrogens with zero attached hydrogens (tertiary/aromatic N) is 4. The first-order valence-electron chi connectivity index (χ1n) is 9.68. The van der Waals surface area contributed by atoms with E-state index in [9.17, 15) is 14.9 Å². The second-order valence-electron chi connectivity index (χ2n) is 6.74. The van der Waals surface area contributed by atoms with Crippen LogP contribution in [0.4, 0.5) is 5.69 Å². The molecule has 8 heteroatoms. The highest BCUT2D eigenvalue weighted by molar-refractivity contribution is 5.92. The molecule has 32 heavy (non-hydrogen) atoms. The van der Waals surface area contributed by atoms with Crippen LogP contribution in [0.1, 0.15) is 16.2 Å². The Bertz CT molecular complexity index is 1220. The highest BCUT2D eigenvalue weighted by Gasteiger charge is 2.14. The van der Waals surface area contributed by atoms with E-state index in [1.165, 1.54) is 30.5 Å². The van der Waals surface area contributed by atoms with Crippen LogP contribution in [-0.4, -0.2) is 27.0 Å². The van der Waals surface area contributed by atoms with Crippen molar-refractivity contribution in [2.75, 3.05) is 0 Å². The Morgan fingerprint density at radius 1 is 0.844 bits per heavy atom. The van der Waals surface area contributed by atoms with E-state index in [0.29, 0.717) is 17.0 Å². The molecule has 3 aromatic carbocycles. The molecule has 0 aliphatic carbocycles. The number of nitrogens with one attached hydrogen (secondary N) is 1. The van der Waals surface area contributed by atoms with Crippen LogP contribution in [0.25, 0.3) is 22.5 Å². The summed E-state index contributed by atoms with van der Waals surface area (Å²) in [7, 11) is 0. The molecule has 0 aliphatic rings. The fraction of sp³-hybridized carbons (Fsp3) is 0. The summed E-state index contributed by atoms with van der Waals surface area (Å²) in [5, 5.41) is 14.7. The first-order valence-corrected chi connectivity index (χ1v) is 9.68. The van der Waals surface area contributed by atoms with Gasteiger partial charge >= 0.3 is 5.91 Å². The molecular weight excluding hydrogens is 406 g/mol. The predicted molar refractivity (Wildman–Crippen MR) is 121 cm³/mol. The van der Waals surface area contributed by atoms with Gasteiger partial charge in [0.05, 0.1) is 22.5 Å². The number of carbonyl (C=O) groups excluding carboxylic acids is 1. The van der Waals surface area contributed by atoms with Crippen LogP contribution in [0.5, 0.6) is 0 Å². The summed E-state index contributed by atoms with van der Waals surface area (Å²) in [4.78, 5) is 31.8. The lowest BCUT2D eigenvalue weighted by Gasteiger charge is -2.08. The largest absolute Gasteiger partial charge is 0.309 e. The molecule has 0 bridgehead atoms. The van der Waals surface area contributed by atoms with Crippen LogP contribution >= 0.6 is 0 Å². The molecule has 0 spiro atoms. The van der Waals surface area contributed by atoms with Gasteiger partial charge in [0.1, 0.15) is 0 Å². The minimum absolute atomic E-state index is 0.0222. The number of rotatable bonds is 6. The van der Waals surface area contributed by atoms with Gasteiger partial charge in [-0.2, -0.15) is 5.10 Å². The number of benzene rings is 3. The molecule has 1 N–H and O–H groups in total. The Kier molecular flexibility index (Phi) is 6.03. The molecule has 1 amide bonds. The number of hydrazone groups is 1. The van der Waals surface area contributed by atoms with E-state index < -0.39 is 10.8 Å². The summed E-state index contributed by atoms with van der Waals surface area (Å²) in [6, 6.07) is 26.7. The quantitative estimate of drug-likeness (QED) is 0.279. The van der Waals surface area contributed by atoms with E-state index >= 15 is 0 Å². The van der Waals surface area contributed by atoms with Gasteiger partial charge in [0.2, 0.25) is 5.82 Å². The van der Waals surface area contributed by atoms with Crippen LogP contribution in [0, 0.1) is 10.1 Å². The molecule has 156 valence electrons. The van der Waals surface area contributed by atoms with E-state index in [4.69, 9.17) is 0 Å². The van der Waals surface area contributed by atoms with Gasteiger partial charge in [-0.3, -0.25) is 14.9 Å². The number of carbonyl (C=O) groups is 1. The van der Waals surface area contributed by atoms with Gasteiger partial charge in [0.15, 0.2) is 0 Å². The predicted octanol–water partition coefficient (Wildman–Crippen LogP) is 4.48. The highest BCUT2D eigenvalue weighted by atomic mass is 16.6. The number of aromatic nitrogens is 2. The molecule has 0 saturated carbocycles. The standard InChI is InChI=1S/C24H17N5O3/c30-24(28-25-16-17-11-13-20(14-12-17)29(31)32)23-26-21(18-7-3-1-4-8-18)15-22(27-23)19-9-5-2-6-10-19/h1-16H,(H,28,30)/b25-16-. The summed E-state index contributed by atoms with van der Waals surface area (Å²) in [5.74, 6) is -0.593. The first kappa shape index (κ1) is 20.5. The average molecular weight is 423 g/mol. The fourth-order valence-corrected chi connectivity index (χ4v) is 2.96. The Labute approximate surface area is 183 Å². The number of non-ortho nitro benzene ring substituents is 1. The number of hydrogen-bond acceptors (Lipinski definition) is 6. The Balaban J connectivity index is 1.60. The second kappa shape index (κ2) is 9.40. The number of nitro benzene ring substituents is 1. The van der Waals surface area contributed by atoms with Crippen molar-refractivity contribution in [1.82, 2.24) is 15.4 Å². The van der Waals surface area contributed by atoms with E-state index in [0.717, 1.165) is 11.1 Å². The molecule has 0 unspecified atom stereocenters. The molecule has 0 fully saturated rings. The van der Waals surface area contributed by atoms with E-state index in [-0.39, 0.29) is 11.5 Å². The van der Waals surface area contributed by atoms with Gasteiger partial charge < -0.3 is 0 Å². The highest BCUT2D eigenvalue weighted by Crippen LogP contribution is 2.23. The van der Waals surface area contributed by atoms with Crippen molar-refractivity contribution < 1.29 is 9.72 Å². The Hall–Kier alpha value is -4.72. The molecule has 8 nitrogen and oxygen atoms in total. The molecule has 0 saturated heterocycles. The average Bonchev–Trinajstić information content (AvgIpc) is 2.85. The third-order valence-corrected chi connectivity index (χ3v) is 4.55. The first-order chi connectivity index (χ1) is 15.6. The fourth-order valence-electron chi connectivity index (χ4n) is 2.96. The summed E-state index contributed by atoms with van der Waals surface area (Å²) < 4.78 is 0. The van der Waals surface area contributed by atoms with Gasteiger partial charge in [-0.1, -0.05) is 60.7 Å². The Morgan fingerprint density at radius 3 is 1.88 bits per heavy atom. The SMILES string of the molecule is O=C(N/N=C\c1ccc([N+](=O)[O-])cc1)c1nc(-c2ccccc2)cc(-c2ccccc2)n1. The molecule has 1 aromatic heterocycles. The van der Waals surface area contributed by atoms with Gasteiger partial charge in [0, 0.05) is 23.3 Å². The lowest BCUT2D eigenvalue weighted by Crippen LogP contribution is -2.21. The second-order valence-corrected chi connectivity index (χ2v) is 6.74. The minimum Gasteiger partial charge on any atom is -0.264 e. The lowest BCUT2D eigenvalue weighted by molar-refractivity contribution is -0.384. The van der Waals surface area contributed by atoms with Crippen LogP contribution < -0.4 is 5.43 Å².